The highest BCUT2D eigenvalue weighted by molar-refractivity contribution is 7.16. The smallest absolute Gasteiger partial charge is 0.335 e. The van der Waals surface area contributed by atoms with E-state index in [1.165, 1.54) is 0 Å². The topological polar surface area (TPSA) is 59.4 Å². The van der Waals surface area contributed by atoms with E-state index in [2.05, 4.69) is 4.98 Å². The number of rotatable bonds is 4. The van der Waals surface area contributed by atoms with E-state index in [9.17, 15) is 4.79 Å². The van der Waals surface area contributed by atoms with Gasteiger partial charge in [-0.1, -0.05) is 12.1 Å². The van der Waals surface area contributed by atoms with Crippen LogP contribution in [0.2, 0.25) is 0 Å². The van der Waals surface area contributed by atoms with Gasteiger partial charge in [0.05, 0.1) is 21.3 Å². The maximum Gasteiger partial charge on any atom is 0.335 e. The van der Waals surface area contributed by atoms with Crippen molar-refractivity contribution in [1.29, 1.82) is 0 Å². The van der Waals surface area contributed by atoms with Gasteiger partial charge < -0.3 is 9.84 Å². The molecule has 0 saturated heterocycles. The molecular formula is C15H11NO3S. The third kappa shape index (κ3) is 2.62. The minimum atomic E-state index is -0.932. The summed E-state index contributed by atoms with van der Waals surface area (Å²) in [5.74, 6) is -0.180. The third-order valence-corrected chi connectivity index (χ3v) is 3.67. The lowest BCUT2D eigenvalue weighted by Crippen LogP contribution is -2.00. The summed E-state index contributed by atoms with van der Waals surface area (Å²) in [5.41, 5.74) is 3.85. The Labute approximate surface area is 119 Å². The van der Waals surface area contributed by atoms with Crippen molar-refractivity contribution in [3.63, 3.8) is 0 Å². The predicted octanol–water partition coefficient (Wildman–Crippen LogP) is 3.57. The highest BCUT2D eigenvalue weighted by atomic mass is 32.1. The van der Waals surface area contributed by atoms with Crippen molar-refractivity contribution in [2.75, 3.05) is 0 Å². The number of aromatic carboxylic acids is 1. The fraction of sp³-hybridized carbons (Fsp3) is 0.0667. The van der Waals surface area contributed by atoms with E-state index in [-0.39, 0.29) is 5.56 Å². The molecule has 0 saturated carbocycles. The van der Waals surface area contributed by atoms with Crippen molar-refractivity contribution in [2.24, 2.45) is 0 Å². The molecule has 0 aliphatic rings. The van der Waals surface area contributed by atoms with Crippen LogP contribution in [0.5, 0.6) is 5.75 Å². The van der Waals surface area contributed by atoms with Gasteiger partial charge in [-0.25, -0.2) is 9.78 Å². The normalized spacial score (nSPS) is 10.6. The number of thiazole rings is 1. The number of hydrogen-bond acceptors (Lipinski definition) is 4. The molecule has 4 nitrogen and oxygen atoms in total. The molecule has 0 aliphatic heterocycles. The molecule has 0 amide bonds. The maximum absolute atomic E-state index is 10.9. The van der Waals surface area contributed by atoms with Crippen molar-refractivity contribution in [3.8, 4) is 5.75 Å². The van der Waals surface area contributed by atoms with Gasteiger partial charge in [0, 0.05) is 0 Å². The van der Waals surface area contributed by atoms with Crippen molar-refractivity contribution in [3.05, 3.63) is 59.1 Å². The lowest BCUT2D eigenvalue weighted by molar-refractivity contribution is 0.0696. The molecule has 0 atom stereocenters. The maximum atomic E-state index is 10.9. The second kappa shape index (κ2) is 5.30. The van der Waals surface area contributed by atoms with Crippen LogP contribution in [-0.2, 0) is 6.61 Å². The third-order valence-electron chi connectivity index (χ3n) is 2.88. The number of carboxylic acids is 1. The van der Waals surface area contributed by atoms with Crippen LogP contribution in [0.15, 0.2) is 48.0 Å². The van der Waals surface area contributed by atoms with Gasteiger partial charge >= 0.3 is 5.97 Å². The van der Waals surface area contributed by atoms with E-state index < -0.39 is 5.97 Å². The minimum Gasteiger partial charge on any atom is -0.489 e. The number of ether oxygens (including phenoxy) is 1. The molecule has 2 aromatic carbocycles. The van der Waals surface area contributed by atoms with Crippen molar-refractivity contribution < 1.29 is 14.6 Å². The molecule has 0 aliphatic carbocycles. The summed E-state index contributed by atoms with van der Waals surface area (Å²) < 4.78 is 6.76. The van der Waals surface area contributed by atoms with E-state index >= 15 is 0 Å². The zero-order valence-corrected chi connectivity index (χ0v) is 11.3. The summed E-state index contributed by atoms with van der Waals surface area (Å²) in [6, 6.07) is 12.5. The highest BCUT2D eigenvalue weighted by Gasteiger charge is 2.04. The molecule has 5 heteroatoms. The van der Waals surface area contributed by atoms with Gasteiger partial charge in [0.15, 0.2) is 0 Å². The fourth-order valence-electron chi connectivity index (χ4n) is 1.89. The quantitative estimate of drug-likeness (QED) is 0.796. The lowest BCUT2D eigenvalue weighted by Gasteiger charge is -2.06. The number of fused-ring (bicyclic) bond motifs is 1. The van der Waals surface area contributed by atoms with E-state index in [0.717, 1.165) is 21.5 Å². The van der Waals surface area contributed by atoms with Gasteiger partial charge in [0.25, 0.3) is 0 Å². The van der Waals surface area contributed by atoms with Gasteiger partial charge in [0.1, 0.15) is 12.4 Å². The Hall–Kier alpha value is -2.40. The van der Waals surface area contributed by atoms with Crippen LogP contribution >= 0.6 is 11.3 Å². The second-order valence-electron chi connectivity index (χ2n) is 4.28. The first-order valence-electron chi connectivity index (χ1n) is 6.01. The molecule has 0 radical (unpaired) electrons. The number of carbonyl (C=O) groups is 1. The summed E-state index contributed by atoms with van der Waals surface area (Å²) in [5, 5.41) is 8.94. The second-order valence-corrected chi connectivity index (χ2v) is 5.16. The molecule has 0 spiro atoms. The number of carboxylic acid groups (broad SMARTS) is 1. The van der Waals surface area contributed by atoms with Crippen molar-refractivity contribution in [1.82, 2.24) is 4.98 Å². The van der Waals surface area contributed by atoms with Gasteiger partial charge in [-0.3, -0.25) is 0 Å². The molecule has 0 unspecified atom stereocenters. The molecule has 3 rings (SSSR count). The van der Waals surface area contributed by atoms with E-state index in [0.29, 0.717) is 6.61 Å². The van der Waals surface area contributed by atoms with Crippen LogP contribution < -0.4 is 4.74 Å². The van der Waals surface area contributed by atoms with E-state index in [1.807, 2.05) is 24.3 Å². The van der Waals surface area contributed by atoms with Gasteiger partial charge in [-0.15, -0.1) is 11.3 Å². The van der Waals surface area contributed by atoms with Crippen LogP contribution in [0.1, 0.15) is 15.9 Å². The largest absolute Gasteiger partial charge is 0.489 e. The predicted molar refractivity (Wildman–Crippen MR) is 77.4 cm³/mol. The Balaban J connectivity index is 1.75. The number of aromatic nitrogens is 1. The van der Waals surface area contributed by atoms with E-state index in [1.54, 1.807) is 35.0 Å². The standard InChI is InChI=1S/C15H11NO3S/c17-15(18)11-3-1-2-10(6-11)8-19-12-4-5-13-14(7-12)20-9-16-13/h1-7,9H,8H2,(H,17,18). The first-order chi connectivity index (χ1) is 9.72. The molecule has 20 heavy (non-hydrogen) atoms. The first kappa shape index (κ1) is 12.6. The Morgan fingerprint density at radius 3 is 3.00 bits per heavy atom. The lowest BCUT2D eigenvalue weighted by atomic mass is 10.1. The molecule has 100 valence electrons. The minimum absolute atomic E-state index is 0.268. The molecular weight excluding hydrogens is 274 g/mol. The van der Waals surface area contributed by atoms with E-state index in [4.69, 9.17) is 9.84 Å². The number of nitrogens with zero attached hydrogens (tertiary/aromatic N) is 1. The SMILES string of the molecule is O=C(O)c1cccc(COc2ccc3ncsc3c2)c1. The first-order valence-corrected chi connectivity index (χ1v) is 6.88. The fourth-order valence-corrected chi connectivity index (χ4v) is 2.59. The molecule has 1 N–H and O–H groups in total. The summed E-state index contributed by atoms with van der Waals surface area (Å²) in [6.07, 6.45) is 0. The summed E-state index contributed by atoms with van der Waals surface area (Å²) in [4.78, 5) is 15.1. The summed E-state index contributed by atoms with van der Waals surface area (Å²) in [6.45, 7) is 0.339. The van der Waals surface area contributed by atoms with Gasteiger partial charge in [-0.2, -0.15) is 0 Å². The Bertz CT molecular complexity index is 766. The van der Waals surface area contributed by atoms with Gasteiger partial charge in [0.2, 0.25) is 0 Å². The Morgan fingerprint density at radius 1 is 1.25 bits per heavy atom. The number of benzene rings is 2. The van der Waals surface area contributed by atoms with Crippen LogP contribution in [0.3, 0.4) is 0 Å². The average molecular weight is 285 g/mol. The molecule has 0 bridgehead atoms. The highest BCUT2D eigenvalue weighted by Crippen LogP contribution is 2.23. The molecule has 1 heterocycles. The van der Waals surface area contributed by atoms with Crippen molar-refractivity contribution >= 4 is 27.5 Å². The molecule has 1 aromatic heterocycles. The zero-order chi connectivity index (χ0) is 13.9. The zero-order valence-electron chi connectivity index (χ0n) is 10.4. The Kier molecular flexibility index (Phi) is 3.35. The monoisotopic (exact) mass is 285 g/mol. The van der Waals surface area contributed by atoms with Crippen LogP contribution in [0.25, 0.3) is 10.2 Å². The Morgan fingerprint density at radius 2 is 2.15 bits per heavy atom. The average Bonchev–Trinajstić information content (AvgIpc) is 2.93. The molecule has 0 fully saturated rings. The number of hydrogen-bond donors (Lipinski definition) is 1. The summed E-state index contributed by atoms with van der Waals surface area (Å²) >= 11 is 1.56. The van der Waals surface area contributed by atoms with Crippen LogP contribution in [0, 0.1) is 0 Å². The summed E-state index contributed by atoms with van der Waals surface area (Å²) in [7, 11) is 0. The van der Waals surface area contributed by atoms with Gasteiger partial charge in [-0.05, 0) is 35.9 Å². The van der Waals surface area contributed by atoms with Crippen LogP contribution in [0.4, 0.5) is 0 Å². The molecule has 3 aromatic rings. The van der Waals surface area contributed by atoms with Crippen molar-refractivity contribution in [2.45, 2.75) is 6.61 Å². The van der Waals surface area contributed by atoms with Crippen LogP contribution in [-0.4, -0.2) is 16.1 Å².